The second-order valence-electron chi connectivity index (χ2n) is 4.31. The van der Waals surface area contributed by atoms with Crippen LogP contribution in [0.2, 0.25) is 0 Å². The largest absolute Gasteiger partial charge is 0.479 e. The van der Waals surface area contributed by atoms with E-state index < -0.39 is 17.8 Å². The van der Waals surface area contributed by atoms with Gasteiger partial charge in [-0.15, -0.1) is 0 Å². The molecule has 0 fully saturated rings. The molecule has 4 heteroatoms. The van der Waals surface area contributed by atoms with Gasteiger partial charge in [0.15, 0.2) is 6.04 Å². The number of hydrogen-bond donors (Lipinski definition) is 2. The molecule has 3 nitrogen and oxygen atoms in total. The molecule has 2 rings (SSSR count). The number of halogens is 1. The van der Waals surface area contributed by atoms with E-state index in [0.29, 0.717) is 5.56 Å². The Labute approximate surface area is 110 Å². The molecule has 0 aliphatic heterocycles. The van der Waals surface area contributed by atoms with E-state index in [2.05, 4.69) is 5.32 Å². The maximum atomic E-state index is 13.5. The highest BCUT2D eigenvalue weighted by Crippen LogP contribution is 2.22. The van der Waals surface area contributed by atoms with Crippen molar-refractivity contribution in [1.82, 2.24) is 0 Å². The zero-order valence-corrected chi connectivity index (χ0v) is 10.4. The van der Waals surface area contributed by atoms with E-state index in [0.717, 1.165) is 5.56 Å². The molecule has 0 unspecified atom stereocenters. The van der Waals surface area contributed by atoms with Crippen LogP contribution in [0, 0.1) is 12.7 Å². The summed E-state index contributed by atoms with van der Waals surface area (Å²) in [5.74, 6) is -1.52. The number of aliphatic carboxylic acids is 1. The summed E-state index contributed by atoms with van der Waals surface area (Å²) in [7, 11) is 0. The molecule has 0 aliphatic rings. The third-order valence-electron chi connectivity index (χ3n) is 2.83. The molecule has 2 aromatic rings. The van der Waals surface area contributed by atoms with E-state index >= 15 is 0 Å². The topological polar surface area (TPSA) is 49.3 Å². The maximum absolute atomic E-state index is 13.5. The SMILES string of the molecule is Cc1ccc([C@@H](Nc2ccccc2F)C(=O)O)cc1. The van der Waals surface area contributed by atoms with Gasteiger partial charge in [0.05, 0.1) is 5.69 Å². The first-order valence-electron chi connectivity index (χ1n) is 5.88. The van der Waals surface area contributed by atoms with Crippen LogP contribution in [-0.4, -0.2) is 11.1 Å². The Morgan fingerprint density at radius 3 is 2.37 bits per heavy atom. The minimum Gasteiger partial charge on any atom is -0.479 e. The summed E-state index contributed by atoms with van der Waals surface area (Å²) in [6.07, 6.45) is 0. The molecule has 0 heterocycles. The average Bonchev–Trinajstić information content (AvgIpc) is 2.39. The second-order valence-corrected chi connectivity index (χ2v) is 4.31. The summed E-state index contributed by atoms with van der Waals surface area (Å²) in [5.41, 5.74) is 1.80. The van der Waals surface area contributed by atoms with E-state index in [4.69, 9.17) is 0 Å². The van der Waals surface area contributed by atoms with Gasteiger partial charge in [-0.05, 0) is 24.6 Å². The first-order chi connectivity index (χ1) is 9.08. The van der Waals surface area contributed by atoms with Gasteiger partial charge >= 0.3 is 5.97 Å². The van der Waals surface area contributed by atoms with Crippen molar-refractivity contribution in [2.24, 2.45) is 0 Å². The lowest BCUT2D eigenvalue weighted by Gasteiger charge is -2.16. The maximum Gasteiger partial charge on any atom is 0.330 e. The standard InChI is InChI=1S/C15H14FNO2/c1-10-6-8-11(9-7-10)14(15(18)19)17-13-5-3-2-4-12(13)16/h2-9,14,17H,1H3,(H,18,19)/t14-/m1/s1. The van der Waals surface area contributed by atoms with Crippen molar-refractivity contribution in [3.05, 3.63) is 65.5 Å². The van der Waals surface area contributed by atoms with Gasteiger partial charge in [-0.25, -0.2) is 9.18 Å². The zero-order chi connectivity index (χ0) is 13.8. The molecule has 0 saturated heterocycles. The van der Waals surface area contributed by atoms with Gasteiger partial charge in [0.2, 0.25) is 0 Å². The minimum absolute atomic E-state index is 0.176. The van der Waals surface area contributed by atoms with Crippen molar-refractivity contribution in [3.63, 3.8) is 0 Å². The van der Waals surface area contributed by atoms with Crippen LogP contribution in [0.1, 0.15) is 17.2 Å². The van der Waals surface area contributed by atoms with E-state index in [-0.39, 0.29) is 5.69 Å². The minimum atomic E-state index is -1.05. The van der Waals surface area contributed by atoms with E-state index in [1.54, 1.807) is 24.3 Å². The van der Waals surface area contributed by atoms with Crippen LogP contribution in [0.15, 0.2) is 48.5 Å². The second kappa shape index (κ2) is 5.52. The molecule has 2 aromatic carbocycles. The average molecular weight is 259 g/mol. The lowest BCUT2D eigenvalue weighted by molar-refractivity contribution is -0.138. The molecule has 1 atom stereocenters. The normalized spacial score (nSPS) is 11.9. The van der Waals surface area contributed by atoms with Gasteiger partial charge in [0, 0.05) is 0 Å². The molecule has 0 bridgehead atoms. The number of aryl methyl sites for hydroxylation is 1. The Bertz CT molecular complexity index is 581. The number of benzene rings is 2. The molecule has 0 amide bonds. The monoisotopic (exact) mass is 259 g/mol. The van der Waals surface area contributed by atoms with Crippen molar-refractivity contribution in [2.45, 2.75) is 13.0 Å². The van der Waals surface area contributed by atoms with Crippen molar-refractivity contribution in [1.29, 1.82) is 0 Å². The van der Waals surface area contributed by atoms with E-state index in [1.807, 2.05) is 19.1 Å². The van der Waals surface area contributed by atoms with Crippen LogP contribution < -0.4 is 5.32 Å². The Morgan fingerprint density at radius 1 is 1.16 bits per heavy atom. The molecular formula is C15H14FNO2. The van der Waals surface area contributed by atoms with Crippen molar-refractivity contribution in [2.75, 3.05) is 5.32 Å². The third kappa shape index (κ3) is 3.10. The number of carboxylic acid groups (broad SMARTS) is 1. The Kier molecular flexibility index (Phi) is 3.80. The fourth-order valence-electron chi connectivity index (χ4n) is 1.78. The predicted molar refractivity (Wildman–Crippen MR) is 71.6 cm³/mol. The van der Waals surface area contributed by atoms with Gasteiger partial charge in [-0.3, -0.25) is 0 Å². The first kappa shape index (κ1) is 13.1. The summed E-state index contributed by atoms with van der Waals surface area (Å²) in [5, 5.41) is 12.0. The summed E-state index contributed by atoms with van der Waals surface area (Å²) >= 11 is 0. The van der Waals surface area contributed by atoms with Crippen LogP contribution in [0.3, 0.4) is 0 Å². The molecule has 0 aromatic heterocycles. The molecule has 98 valence electrons. The lowest BCUT2D eigenvalue weighted by Crippen LogP contribution is -2.21. The number of para-hydroxylation sites is 1. The first-order valence-corrected chi connectivity index (χ1v) is 5.88. The molecular weight excluding hydrogens is 245 g/mol. The molecule has 0 radical (unpaired) electrons. The zero-order valence-electron chi connectivity index (χ0n) is 10.4. The van der Waals surface area contributed by atoms with Crippen LogP contribution in [0.25, 0.3) is 0 Å². The third-order valence-corrected chi connectivity index (χ3v) is 2.83. The van der Waals surface area contributed by atoms with Gasteiger partial charge < -0.3 is 10.4 Å². The van der Waals surface area contributed by atoms with Gasteiger partial charge in [0.1, 0.15) is 5.82 Å². The fourth-order valence-corrected chi connectivity index (χ4v) is 1.78. The van der Waals surface area contributed by atoms with Crippen molar-refractivity contribution < 1.29 is 14.3 Å². The number of anilines is 1. The summed E-state index contributed by atoms with van der Waals surface area (Å²) in [4.78, 5) is 11.3. The van der Waals surface area contributed by atoms with E-state index in [1.165, 1.54) is 12.1 Å². The molecule has 0 aliphatic carbocycles. The van der Waals surface area contributed by atoms with Crippen molar-refractivity contribution in [3.8, 4) is 0 Å². The van der Waals surface area contributed by atoms with Crippen LogP contribution in [0.5, 0.6) is 0 Å². The smallest absolute Gasteiger partial charge is 0.330 e. The number of carbonyl (C=O) groups is 1. The lowest BCUT2D eigenvalue weighted by atomic mass is 10.0. The Morgan fingerprint density at radius 2 is 1.79 bits per heavy atom. The predicted octanol–water partition coefficient (Wildman–Crippen LogP) is 3.37. The quantitative estimate of drug-likeness (QED) is 0.885. The van der Waals surface area contributed by atoms with Gasteiger partial charge in [-0.1, -0.05) is 42.0 Å². The molecule has 0 spiro atoms. The summed E-state index contributed by atoms with van der Waals surface area (Å²) in [6.45, 7) is 1.92. The highest BCUT2D eigenvalue weighted by Gasteiger charge is 2.20. The highest BCUT2D eigenvalue weighted by atomic mass is 19.1. The van der Waals surface area contributed by atoms with Crippen LogP contribution in [-0.2, 0) is 4.79 Å². The molecule has 2 N–H and O–H groups in total. The highest BCUT2D eigenvalue weighted by molar-refractivity contribution is 5.79. The van der Waals surface area contributed by atoms with Crippen LogP contribution in [0.4, 0.5) is 10.1 Å². The van der Waals surface area contributed by atoms with Crippen molar-refractivity contribution >= 4 is 11.7 Å². The van der Waals surface area contributed by atoms with Crippen LogP contribution >= 0.6 is 0 Å². The fraction of sp³-hybridized carbons (Fsp3) is 0.133. The number of nitrogens with one attached hydrogen (secondary N) is 1. The Hall–Kier alpha value is -2.36. The van der Waals surface area contributed by atoms with Gasteiger partial charge in [0.25, 0.3) is 0 Å². The molecule has 0 saturated carbocycles. The number of carboxylic acids is 1. The number of rotatable bonds is 4. The number of hydrogen-bond acceptors (Lipinski definition) is 2. The molecule has 19 heavy (non-hydrogen) atoms. The summed E-state index contributed by atoms with van der Waals surface area (Å²) in [6, 6.07) is 12.1. The van der Waals surface area contributed by atoms with Gasteiger partial charge in [-0.2, -0.15) is 0 Å². The Balaban J connectivity index is 2.29. The summed E-state index contributed by atoms with van der Waals surface area (Å²) < 4.78 is 13.5. The van der Waals surface area contributed by atoms with E-state index in [9.17, 15) is 14.3 Å².